The summed E-state index contributed by atoms with van der Waals surface area (Å²) in [5, 5.41) is 20.1. The van der Waals surface area contributed by atoms with E-state index in [0.717, 1.165) is 12.0 Å². The number of aryl methyl sites for hydroxylation is 1. The van der Waals surface area contributed by atoms with Crippen LogP contribution in [0.4, 0.5) is 11.5 Å². The van der Waals surface area contributed by atoms with Crippen molar-refractivity contribution in [3.8, 4) is 0 Å². The average molecular weight is 274 g/mol. The van der Waals surface area contributed by atoms with E-state index >= 15 is 0 Å². The summed E-state index contributed by atoms with van der Waals surface area (Å²) in [5.41, 5.74) is 1.22. The largest absolute Gasteiger partial charge is 0.311 e. The van der Waals surface area contributed by atoms with Gasteiger partial charge in [0.2, 0.25) is 5.91 Å². The van der Waals surface area contributed by atoms with Crippen LogP contribution in [0.3, 0.4) is 0 Å². The van der Waals surface area contributed by atoms with Gasteiger partial charge in [0, 0.05) is 17.2 Å². The maximum Gasteiger partial charge on any atom is 0.273 e. The molecule has 0 aliphatic carbocycles. The Hall–Kier alpha value is -2.70. The molecule has 1 aromatic heterocycles. The van der Waals surface area contributed by atoms with E-state index in [1.807, 2.05) is 6.92 Å². The van der Waals surface area contributed by atoms with Crippen LogP contribution in [0, 0.1) is 10.1 Å². The van der Waals surface area contributed by atoms with E-state index in [1.54, 1.807) is 24.4 Å². The second-order valence-corrected chi connectivity index (χ2v) is 4.23. The molecule has 0 fully saturated rings. The molecular weight excluding hydrogens is 260 g/mol. The van der Waals surface area contributed by atoms with Crippen molar-refractivity contribution in [3.05, 3.63) is 51.7 Å². The molecule has 104 valence electrons. The van der Waals surface area contributed by atoms with Gasteiger partial charge in [-0.1, -0.05) is 25.1 Å². The van der Waals surface area contributed by atoms with Gasteiger partial charge in [-0.25, -0.2) is 0 Å². The molecule has 0 saturated carbocycles. The van der Waals surface area contributed by atoms with E-state index in [-0.39, 0.29) is 18.0 Å². The number of rotatable bonds is 5. The van der Waals surface area contributed by atoms with Crippen molar-refractivity contribution in [2.24, 2.45) is 0 Å². The van der Waals surface area contributed by atoms with Gasteiger partial charge in [-0.3, -0.25) is 20.0 Å². The van der Waals surface area contributed by atoms with E-state index in [0.29, 0.717) is 11.4 Å². The number of anilines is 1. The molecule has 0 bridgehead atoms. The quantitative estimate of drug-likeness (QED) is 0.643. The summed E-state index contributed by atoms with van der Waals surface area (Å²) in [5.74, 6) is 0.217. The summed E-state index contributed by atoms with van der Waals surface area (Å²) in [6, 6.07) is 6.20. The molecule has 0 saturated heterocycles. The monoisotopic (exact) mass is 274 g/mol. The standard InChI is InChI=1S/C13H14N4O3/c1-2-9-8-14-16-13(9)15-12(18)7-10-5-3-4-6-11(10)17(19)20/h3-6,8H,2,7H2,1H3,(H2,14,15,16,18). The Bertz CT molecular complexity index is 636. The number of amides is 1. The van der Waals surface area contributed by atoms with Crippen LogP contribution >= 0.6 is 0 Å². The lowest BCUT2D eigenvalue weighted by molar-refractivity contribution is -0.385. The van der Waals surface area contributed by atoms with Crippen LogP contribution in [0.1, 0.15) is 18.1 Å². The molecular formula is C13H14N4O3. The molecule has 0 unspecified atom stereocenters. The highest BCUT2D eigenvalue weighted by Crippen LogP contribution is 2.19. The first-order valence-electron chi connectivity index (χ1n) is 6.16. The Kier molecular flexibility index (Phi) is 4.09. The summed E-state index contributed by atoms with van der Waals surface area (Å²) in [7, 11) is 0. The second kappa shape index (κ2) is 5.96. The molecule has 0 radical (unpaired) electrons. The molecule has 2 N–H and O–H groups in total. The maximum atomic E-state index is 11.9. The second-order valence-electron chi connectivity index (χ2n) is 4.23. The van der Waals surface area contributed by atoms with Gasteiger partial charge in [-0.2, -0.15) is 5.10 Å². The van der Waals surface area contributed by atoms with Crippen molar-refractivity contribution < 1.29 is 9.72 Å². The van der Waals surface area contributed by atoms with E-state index in [1.165, 1.54) is 6.07 Å². The van der Waals surface area contributed by atoms with Gasteiger partial charge in [-0.05, 0) is 6.42 Å². The molecule has 0 aliphatic rings. The summed E-state index contributed by atoms with van der Waals surface area (Å²) < 4.78 is 0. The lowest BCUT2D eigenvalue weighted by atomic mass is 10.1. The zero-order valence-electron chi connectivity index (χ0n) is 10.9. The average Bonchev–Trinajstić information content (AvgIpc) is 2.86. The summed E-state index contributed by atoms with van der Waals surface area (Å²) in [6.45, 7) is 1.95. The predicted octanol–water partition coefficient (Wildman–Crippen LogP) is 2.06. The molecule has 2 rings (SSSR count). The number of carbonyl (C=O) groups is 1. The molecule has 2 aromatic rings. The molecule has 1 amide bonds. The van der Waals surface area contributed by atoms with Crippen LogP contribution < -0.4 is 5.32 Å². The zero-order chi connectivity index (χ0) is 14.5. The first-order valence-corrected chi connectivity index (χ1v) is 6.16. The van der Waals surface area contributed by atoms with E-state index in [4.69, 9.17) is 0 Å². The van der Waals surface area contributed by atoms with Gasteiger partial charge < -0.3 is 5.32 Å². The zero-order valence-corrected chi connectivity index (χ0v) is 10.9. The first-order chi connectivity index (χ1) is 9.61. The Balaban J connectivity index is 2.11. The van der Waals surface area contributed by atoms with E-state index in [2.05, 4.69) is 15.5 Å². The molecule has 20 heavy (non-hydrogen) atoms. The topological polar surface area (TPSA) is 101 Å². The van der Waals surface area contributed by atoms with Gasteiger partial charge in [0.05, 0.1) is 17.5 Å². The van der Waals surface area contributed by atoms with Crippen molar-refractivity contribution in [2.45, 2.75) is 19.8 Å². The smallest absolute Gasteiger partial charge is 0.273 e. The molecule has 0 spiro atoms. The number of benzene rings is 1. The Morgan fingerprint density at radius 3 is 2.85 bits per heavy atom. The molecule has 7 nitrogen and oxygen atoms in total. The van der Waals surface area contributed by atoms with Crippen LogP contribution in [0.5, 0.6) is 0 Å². The fourth-order valence-electron chi connectivity index (χ4n) is 1.88. The van der Waals surface area contributed by atoms with Crippen molar-refractivity contribution in [1.29, 1.82) is 0 Å². The highest BCUT2D eigenvalue weighted by atomic mass is 16.6. The third-order valence-corrected chi connectivity index (χ3v) is 2.90. The summed E-state index contributed by atoms with van der Waals surface area (Å²) in [6.07, 6.45) is 2.32. The fraction of sp³-hybridized carbons (Fsp3) is 0.231. The van der Waals surface area contributed by atoms with Crippen molar-refractivity contribution >= 4 is 17.4 Å². The van der Waals surface area contributed by atoms with Gasteiger partial charge in [0.15, 0.2) is 0 Å². The minimum Gasteiger partial charge on any atom is -0.311 e. The fourth-order valence-corrected chi connectivity index (χ4v) is 1.88. The Labute approximate surface area is 115 Å². The minimum absolute atomic E-state index is 0.0528. The lowest BCUT2D eigenvalue weighted by Gasteiger charge is -2.05. The van der Waals surface area contributed by atoms with Gasteiger partial charge >= 0.3 is 0 Å². The molecule has 0 atom stereocenters. The Morgan fingerprint density at radius 2 is 2.15 bits per heavy atom. The number of aromatic nitrogens is 2. The number of H-pyrrole nitrogens is 1. The number of aromatic amines is 1. The van der Waals surface area contributed by atoms with Crippen LogP contribution in [0.2, 0.25) is 0 Å². The van der Waals surface area contributed by atoms with Crippen LogP contribution in [0.25, 0.3) is 0 Å². The van der Waals surface area contributed by atoms with Crippen LogP contribution in [-0.4, -0.2) is 21.0 Å². The number of nitro groups is 1. The Morgan fingerprint density at radius 1 is 1.40 bits per heavy atom. The molecule has 7 heteroatoms. The molecule has 1 heterocycles. The number of para-hydroxylation sites is 1. The summed E-state index contributed by atoms with van der Waals surface area (Å²) >= 11 is 0. The van der Waals surface area contributed by atoms with Crippen molar-refractivity contribution in [2.75, 3.05) is 5.32 Å². The number of nitrogens with zero attached hydrogens (tertiary/aromatic N) is 2. The first kappa shape index (κ1) is 13.7. The van der Waals surface area contributed by atoms with Gasteiger partial charge in [0.25, 0.3) is 5.69 Å². The number of hydrogen-bond acceptors (Lipinski definition) is 4. The van der Waals surface area contributed by atoms with Crippen LogP contribution in [0.15, 0.2) is 30.5 Å². The number of nitrogens with one attached hydrogen (secondary N) is 2. The van der Waals surface area contributed by atoms with Crippen LogP contribution in [-0.2, 0) is 17.6 Å². The third kappa shape index (κ3) is 3.00. The predicted molar refractivity (Wildman–Crippen MR) is 73.4 cm³/mol. The van der Waals surface area contributed by atoms with Crippen molar-refractivity contribution in [3.63, 3.8) is 0 Å². The van der Waals surface area contributed by atoms with Crippen molar-refractivity contribution in [1.82, 2.24) is 10.2 Å². The number of carbonyl (C=O) groups excluding carboxylic acids is 1. The lowest BCUT2D eigenvalue weighted by Crippen LogP contribution is -2.16. The third-order valence-electron chi connectivity index (χ3n) is 2.90. The highest BCUT2D eigenvalue weighted by Gasteiger charge is 2.16. The highest BCUT2D eigenvalue weighted by molar-refractivity contribution is 5.92. The number of nitro benzene ring substituents is 1. The normalized spacial score (nSPS) is 10.2. The molecule has 0 aliphatic heterocycles. The van der Waals surface area contributed by atoms with E-state index < -0.39 is 4.92 Å². The van der Waals surface area contributed by atoms with Gasteiger partial charge in [0.1, 0.15) is 5.82 Å². The number of hydrogen-bond donors (Lipinski definition) is 2. The summed E-state index contributed by atoms with van der Waals surface area (Å²) in [4.78, 5) is 22.3. The minimum atomic E-state index is -0.490. The SMILES string of the molecule is CCc1cn[nH]c1NC(=O)Cc1ccccc1[N+](=O)[O-]. The van der Waals surface area contributed by atoms with Gasteiger partial charge in [-0.15, -0.1) is 0 Å². The maximum absolute atomic E-state index is 11.9. The van der Waals surface area contributed by atoms with E-state index in [9.17, 15) is 14.9 Å². The molecule has 1 aromatic carbocycles.